The van der Waals surface area contributed by atoms with Crippen LogP contribution in [0.5, 0.6) is 0 Å². The number of thiophene rings is 1. The SMILES string of the molecule is O=C1CCCCC1C1CCCN1C(=O)c1ccsc1. The number of nitrogens with zero attached hydrogens (tertiary/aromatic N) is 1. The average Bonchev–Trinajstić information content (AvgIpc) is 3.10. The molecule has 0 N–H and O–H groups in total. The van der Waals surface area contributed by atoms with Crippen molar-refractivity contribution in [3.05, 3.63) is 22.4 Å². The first-order valence-electron chi connectivity index (χ1n) is 7.13. The van der Waals surface area contributed by atoms with Gasteiger partial charge in [-0.1, -0.05) is 6.42 Å². The van der Waals surface area contributed by atoms with Crippen LogP contribution in [0.25, 0.3) is 0 Å². The summed E-state index contributed by atoms with van der Waals surface area (Å²) < 4.78 is 0. The number of ketones is 1. The Kier molecular flexibility index (Phi) is 3.69. The molecule has 2 atom stereocenters. The molecule has 19 heavy (non-hydrogen) atoms. The topological polar surface area (TPSA) is 37.4 Å². The molecule has 2 heterocycles. The monoisotopic (exact) mass is 277 g/mol. The molecule has 1 saturated heterocycles. The summed E-state index contributed by atoms with van der Waals surface area (Å²) in [5.74, 6) is 0.585. The van der Waals surface area contributed by atoms with Gasteiger partial charge in [0.2, 0.25) is 0 Å². The Morgan fingerprint density at radius 2 is 2.16 bits per heavy atom. The van der Waals surface area contributed by atoms with Crippen LogP contribution in [0.1, 0.15) is 48.9 Å². The minimum Gasteiger partial charge on any atom is -0.335 e. The number of amides is 1. The molecule has 0 bridgehead atoms. The number of likely N-dealkylation sites (tertiary alicyclic amines) is 1. The van der Waals surface area contributed by atoms with E-state index in [0.29, 0.717) is 12.2 Å². The van der Waals surface area contributed by atoms with E-state index in [1.54, 1.807) is 11.3 Å². The van der Waals surface area contributed by atoms with Crippen LogP contribution in [-0.4, -0.2) is 29.2 Å². The van der Waals surface area contributed by atoms with Gasteiger partial charge in [0.25, 0.3) is 5.91 Å². The summed E-state index contributed by atoms with van der Waals surface area (Å²) in [7, 11) is 0. The van der Waals surface area contributed by atoms with Crippen LogP contribution in [0.3, 0.4) is 0 Å². The molecular weight excluding hydrogens is 258 g/mol. The molecule has 1 aromatic rings. The molecule has 1 amide bonds. The molecule has 102 valence electrons. The Labute approximate surface area is 117 Å². The molecule has 3 rings (SSSR count). The van der Waals surface area contributed by atoms with Crippen LogP contribution in [-0.2, 0) is 4.79 Å². The van der Waals surface area contributed by atoms with Crippen LogP contribution in [0.2, 0.25) is 0 Å². The molecule has 1 aliphatic heterocycles. The number of rotatable bonds is 2. The first-order chi connectivity index (χ1) is 9.27. The fraction of sp³-hybridized carbons (Fsp3) is 0.600. The predicted molar refractivity (Wildman–Crippen MR) is 75.3 cm³/mol. The van der Waals surface area contributed by atoms with Crippen molar-refractivity contribution >= 4 is 23.0 Å². The van der Waals surface area contributed by atoms with Crippen LogP contribution >= 0.6 is 11.3 Å². The third-order valence-electron chi connectivity index (χ3n) is 4.39. The summed E-state index contributed by atoms with van der Waals surface area (Å²) in [5, 5.41) is 3.84. The standard InChI is InChI=1S/C15H19NO2S/c17-14-6-2-1-4-12(14)13-5-3-8-16(13)15(18)11-7-9-19-10-11/h7,9-10,12-13H,1-6,8H2. The van der Waals surface area contributed by atoms with Gasteiger partial charge in [-0.2, -0.15) is 11.3 Å². The molecule has 0 radical (unpaired) electrons. The summed E-state index contributed by atoms with van der Waals surface area (Å²) in [6.45, 7) is 0.809. The number of hydrogen-bond donors (Lipinski definition) is 0. The molecule has 2 fully saturated rings. The first kappa shape index (κ1) is 12.9. The van der Waals surface area contributed by atoms with Gasteiger partial charge in [0.1, 0.15) is 5.78 Å². The van der Waals surface area contributed by atoms with Gasteiger partial charge in [-0.15, -0.1) is 0 Å². The summed E-state index contributed by atoms with van der Waals surface area (Å²) >= 11 is 1.55. The van der Waals surface area contributed by atoms with Crippen molar-refractivity contribution in [2.24, 2.45) is 5.92 Å². The minimum atomic E-state index is 0.0961. The van der Waals surface area contributed by atoms with Crippen LogP contribution < -0.4 is 0 Å². The fourth-order valence-corrected chi connectivity index (χ4v) is 4.06. The summed E-state index contributed by atoms with van der Waals surface area (Å²) in [4.78, 5) is 26.5. The van der Waals surface area contributed by atoms with E-state index in [0.717, 1.165) is 44.2 Å². The molecule has 1 aliphatic carbocycles. The minimum absolute atomic E-state index is 0.0961. The van der Waals surface area contributed by atoms with Crippen molar-refractivity contribution in [1.29, 1.82) is 0 Å². The zero-order valence-electron chi connectivity index (χ0n) is 11.0. The van der Waals surface area contributed by atoms with Gasteiger partial charge in [0, 0.05) is 30.3 Å². The van der Waals surface area contributed by atoms with Crippen LogP contribution in [0.4, 0.5) is 0 Å². The van der Waals surface area contributed by atoms with Crippen molar-refractivity contribution in [1.82, 2.24) is 4.90 Å². The van der Waals surface area contributed by atoms with E-state index < -0.39 is 0 Å². The summed E-state index contributed by atoms with van der Waals surface area (Å²) in [6, 6.07) is 2.03. The Morgan fingerprint density at radius 1 is 1.26 bits per heavy atom. The van der Waals surface area contributed by atoms with Gasteiger partial charge in [0.05, 0.1) is 5.56 Å². The van der Waals surface area contributed by atoms with E-state index in [1.807, 2.05) is 21.7 Å². The van der Waals surface area contributed by atoms with E-state index in [-0.39, 0.29) is 17.9 Å². The molecule has 0 spiro atoms. The Morgan fingerprint density at radius 3 is 2.89 bits per heavy atom. The lowest BCUT2D eigenvalue weighted by Crippen LogP contribution is -2.43. The van der Waals surface area contributed by atoms with Gasteiger partial charge in [0.15, 0.2) is 0 Å². The zero-order chi connectivity index (χ0) is 13.2. The highest BCUT2D eigenvalue weighted by atomic mass is 32.1. The van der Waals surface area contributed by atoms with Crippen LogP contribution in [0.15, 0.2) is 16.8 Å². The van der Waals surface area contributed by atoms with Crippen molar-refractivity contribution in [3.63, 3.8) is 0 Å². The van der Waals surface area contributed by atoms with Crippen molar-refractivity contribution in [3.8, 4) is 0 Å². The van der Waals surface area contributed by atoms with Crippen molar-refractivity contribution in [2.75, 3.05) is 6.54 Å². The first-order valence-corrected chi connectivity index (χ1v) is 8.07. The maximum absolute atomic E-state index is 12.5. The second-order valence-corrected chi connectivity index (χ2v) is 6.32. The Bertz CT molecular complexity index is 468. The highest BCUT2D eigenvalue weighted by Gasteiger charge is 2.39. The molecule has 2 aliphatic rings. The van der Waals surface area contributed by atoms with Gasteiger partial charge in [-0.25, -0.2) is 0 Å². The molecule has 3 nitrogen and oxygen atoms in total. The second kappa shape index (κ2) is 5.45. The molecular formula is C15H19NO2S. The van der Waals surface area contributed by atoms with E-state index in [1.165, 1.54) is 0 Å². The number of carbonyl (C=O) groups is 2. The van der Waals surface area contributed by atoms with E-state index >= 15 is 0 Å². The fourth-order valence-electron chi connectivity index (χ4n) is 3.43. The smallest absolute Gasteiger partial charge is 0.254 e. The number of Topliss-reactive ketones (excluding diaryl/α,β-unsaturated/α-hetero) is 1. The lowest BCUT2D eigenvalue weighted by Gasteiger charge is -2.33. The molecule has 4 heteroatoms. The van der Waals surface area contributed by atoms with Gasteiger partial charge in [-0.05, 0) is 37.1 Å². The summed E-state index contributed by atoms with van der Waals surface area (Å²) in [5.41, 5.74) is 0.778. The van der Waals surface area contributed by atoms with E-state index in [4.69, 9.17) is 0 Å². The third kappa shape index (κ3) is 2.46. The van der Waals surface area contributed by atoms with Crippen molar-refractivity contribution < 1.29 is 9.59 Å². The number of carbonyl (C=O) groups excluding carboxylic acids is 2. The number of hydrogen-bond acceptors (Lipinski definition) is 3. The van der Waals surface area contributed by atoms with E-state index in [9.17, 15) is 9.59 Å². The molecule has 1 saturated carbocycles. The normalized spacial score (nSPS) is 27.8. The average molecular weight is 277 g/mol. The van der Waals surface area contributed by atoms with Gasteiger partial charge >= 0.3 is 0 Å². The second-order valence-electron chi connectivity index (χ2n) is 5.54. The quantitative estimate of drug-likeness (QED) is 0.833. The van der Waals surface area contributed by atoms with Crippen molar-refractivity contribution in [2.45, 2.75) is 44.6 Å². The zero-order valence-corrected chi connectivity index (χ0v) is 11.8. The Balaban J connectivity index is 1.77. The van der Waals surface area contributed by atoms with Crippen LogP contribution in [0, 0.1) is 5.92 Å². The molecule has 2 unspecified atom stereocenters. The molecule has 1 aromatic heterocycles. The highest BCUT2D eigenvalue weighted by Crippen LogP contribution is 2.33. The van der Waals surface area contributed by atoms with Gasteiger partial charge < -0.3 is 4.90 Å². The summed E-state index contributed by atoms with van der Waals surface area (Å²) in [6.07, 6.45) is 5.86. The highest BCUT2D eigenvalue weighted by molar-refractivity contribution is 7.08. The Hall–Kier alpha value is -1.16. The maximum Gasteiger partial charge on any atom is 0.254 e. The maximum atomic E-state index is 12.5. The predicted octanol–water partition coefficient (Wildman–Crippen LogP) is 3.11. The lowest BCUT2D eigenvalue weighted by molar-refractivity contribution is -0.126. The molecule has 0 aromatic carbocycles. The van der Waals surface area contributed by atoms with Gasteiger partial charge in [-0.3, -0.25) is 9.59 Å². The third-order valence-corrected chi connectivity index (χ3v) is 5.08. The van der Waals surface area contributed by atoms with E-state index in [2.05, 4.69) is 0 Å². The lowest BCUT2D eigenvalue weighted by atomic mass is 9.81. The largest absolute Gasteiger partial charge is 0.335 e.